The van der Waals surface area contributed by atoms with Crippen molar-refractivity contribution in [1.82, 2.24) is 4.90 Å². The van der Waals surface area contributed by atoms with Crippen LogP contribution in [0.3, 0.4) is 0 Å². The number of hydrogen-bond acceptors (Lipinski definition) is 6. The van der Waals surface area contributed by atoms with Crippen LogP contribution >= 0.6 is 0 Å². The molecule has 0 aliphatic carbocycles. The van der Waals surface area contributed by atoms with Gasteiger partial charge in [-0.05, 0) is 84.8 Å². The molecule has 4 aromatic carbocycles. The summed E-state index contributed by atoms with van der Waals surface area (Å²) >= 11 is 0. The van der Waals surface area contributed by atoms with Crippen LogP contribution in [-0.4, -0.2) is 43.5 Å². The molecular formula is C36H32N2O5. The van der Waals surface area contributed by atoms with Gasteiger partial charge >= 0.3 is 11.9 Å². The number of carbonyl (C=O) groups is 3. The summed E-state index contributed by atoms with van der Waals surface area (Å²) < 4.78 is 9.80. The molecule has 0 radical (unpaired) electrons. The van der Waals surface area contributed by atoms with Crippen LogP contribution in [0.1, 0.15) is 45.2 Å². The lowest BCUT2D eigenvalue weighted by molar-refractivity contribution is -0.123. The van der Waals surface area contributed by atoms with Crippen LogP contribution in [0.4, 0.5) is 17.1 Å². The molecule has 216 valence electrons. The first kappa shape index (κ1) is 29.1. The third-order valence-corrected chi connectivity index (χ3v) is 7.28. The SMILES string of the molecule is CCN1C(=O)/C(=C\c2ccc(N(c3ccccc3)c3ccccc3)cc2)C/C1=C/c1cc(C(=O)OC)ccc1C(=O)OC. The van der Waals surface area contributed by atoms with E-state index in [0.29, 0.717) is 35.2 Å². The highest BCUT2D eigenvalue weighted by atomic mass is 16.5. The second-order valence-electron chi connectivity index (χ2n) is 9.91. The average molecular weight is 573 g/mol. The molecule has 0 N–H and O–H groups in total. The van der Waals surface area contributed by atoms with Crippen molar-refractivity contribution in [3.05, 3.63) is 137 Å². The molecule has 5 rings (SSSR count). The normalized spacial score (nSPS) is 14.7. The molecule has 0 aromatic heterocycles. The lowest BCUT2D eigenvalue weighted by Gasteiger charge is -2.25. The van der Waals surface area contributed by atoms with Gasteiger partial charge in [-0.3, -0.25) is 4.79 Å². The number of esters is 2. The summed E-state index contributed by atoms with van der Waals surface area (Å²) in [6, 6.07) is 33.0. The highest BCUT2D eigenvalue weighted by Crippen LogP contribution is 2.35. The van der Waals surface area contributed by atoms with Gasteiger partial charge in [0.1, 0.15) is 0 Å². The Morgan fingerprint density at radius 3 is 1.91 bits per heavy atom. The summed E-state index contributed by atoms with van der Waals surface area (Å²) in [7, 11) is 2.60. The summed E-state index contributed by atoms with van der Waals surface area (Å²) in [5.41, 5.74) is 6.40. The topological polar surface area (TPSA) is 76.2 Å². The zero-order valence-electron chi connectivity index (χ0n) is 24.3. The summed E-state index contributed by atoms with van der Waals surface area (Å²) in [5.74, 6) is -1.16. The van der Waals surface area contributed by atoms with Crippen LogP contribution in [0, 0.1) is 0 Å². The molecule has 1 aliphatic heterocycles. The van der Waals surface area contributed by atoms with Gasteiger partial charge in [-0.15, -0.1) is 0 Å². The van der Waals surface area contributed by atoms with E-state index in [2.05, 4.69) is 29.2 Å². The number of amides is 1. The van der Waals surface area contributed by atoms with Crippen molar-refractivity contribution in [2.24, 2.45) is 0 Å². The average Bonchev–Trinajstić information content (AvgIpc) is 3.34. The molecule has 1 heterocycles. The fourth-order valence-corrected chi connectivity index (χ4v) is 5.18. The number of likely N-dealkylation sites (N-methyl/N-ethyl adjacent to an activating group) is 1. The Morgan fingerprint density at radius 1 is 0.767 bits per heavy atom. The maximum Gasteiger partial charge on any atom is 0.338 e. The summed E-state index contributed by atoms with van der Waals surface area (Å²) in [6.45, 7) is 2.35. The molecular weight excluding hydrogens is 540 g/mol. The van der Waals surface area contributed by atoms with E-state index >= 15 is 0 Å². The van der Waals surface area contributed by atoms with Crippen molar-refractivity contribution in [2.75, 3.05) is 25.7 Å². The third-order valence-electron chi connectivity index (χ3n) is 7.28. The van der Waals surface area contributed by atoms with E-state index in [4.69, 9.17) is 9.47 Å². The molecule has 1 amide bonds. The summed E-state index contributed by atoms with van der Waals surface area (Å²) in [5, 5.41) is 0. The standard InChI is InChI=1S/C36H32N2O5/c1-4-37-32(23-27-22-26(35(40)42-2)17-20-33(27)36(41)43-3)24-28(34(37)39)21-25-15-18-31(19-16-25)38(29-11-7-5-8-12-29)30-13-9-6-10-14-30/h5-23H,4,24H2,1-3H3/b28-21-,32-23-. The molecule has 0 unspecified atom stereocenters. The highest BCUT2D eigenvalue weighted by Gasteiger charge is 2.30. The fraction of sp³-hybridized carbons (Fsp3) is 0.139. The van der Waals surface area contributed by atoms with Gasteiger partial charge in [0.05, 0.1) is 25.3 Å². The van der Waals surface area contributed by atoms with Crippen LogP contribution < -0.4 is 4.90 Å². The van der Waals surface area contributed by atoms with Gasteiger partial charge in [0.25, 0.3) is 5.91 Å². The van der Waals surface area contributed by atoms with E-state index in [9.17, 15) is 14.4 Å². The molecule has 43 heavy (non-hydrogen) atoms. The Bertz CT molecular complexity index is 1650. The maximum absolute atomic E-state index is 13.4. The second-order valence-corrected chi connectivity index (χ2v) is 9.91. The number of likely N-dealkylation sites (tertiary alicyclic amines) is 1. The van der Waals surface area contributed by atoms with E-state index in [1.807, 2.05) is 73.7 Å². The summed E-state index contributed by atoms with van der Waals surface area (Å²) in [6.07, 6.45) is 4.04. The molecule has 0 atom stereocenters. The molecule has 0 saturated carbocycles. The van der Waals surface area contributed by atoms with E-state index in [-0.39, 0.29) is 5.91 Å². The van der Waals surface area contributed by atoms with E-state index in [0.717, 1.165) is 28.3 Å². The van der Waals surface area contributed by atoms with Crippen molar-refractivity contribution in [3.63, 3.8) is 0 Å². The minimum atomic E-state index is -0.536. The van der Waals surface area contributed by atoms with E-state index < -0.39 is 11.9 Å². The highest BCUT2D eigenvalue weighted by molar-refractivity contribution is 6.04. The predicted molar refractivity (Wildman–Crippen MR) is 168 cm³/mol. The van der Waals surface area contributed by atoms with Crippen molar-refractivity contribution >= 4 is 47.1 Å². The molecule has 7 heteroatoms. The van der Waals surface area contributed by atoms with Gasteiger partial charge in [-0.2, -0.15) is 0 Å². The Morgan fingerprint density at radius 2 is 1.35 bits per heavy atom. The molecule has 7 nitrogen and oxygen atoms in total. The number of anilines is 3. The van der Waals surface area contributed by atoms with Crippen molar-refractivity contribution in [1.29, 1.82) is 0 Å². The van der Waals surface area contributed by atoms with Gasteiger partial charge in [-0.1, -0.05) is 48.5 Å². The number of nitrogens with zero attached hydrogens (tertiary/aromatic N) is 2. The molecule has 0 spiro atoms. The van der Waals surface area contributed by atoms with E-state index in [1.165, 1.54) is 26.4 Å². The quantitative estimate of drug-likeness (QED) is 0.162. The van der Waals surface area contributed by atoms with E-state index in [1.54, 1.807) is 17.0 Å². The number of methoxy groups -OCH3 is 2. The first-order chi connectivity index (χ1) is 20.9. The molecule has 1 saturated heterocycles. The Hall–Kier alpha value is -5.43. The first-order valence-corrected chi connectivity index (χ1v) is 14.0. The third kappa shape index (κ3) is 6.26. The van der Waals surface area contributed by atoms with Crippen molar-refractivity contribution in [2.45, 2.75) is 13.3 Å². The molecule has 4 aromatic rings. The summed E-state index contributed by atoms with van der Waals surface area (Å²) in [4.78, 5) is 41.9. The monoisotopic (exact) mass is 572 g/mol. The number of carbonyl (C=O) groups excluding carboxylic acids is 3. The Labute approximate surface area is 251 Å². The van der Waals surface area contributed by atoms with Gasteiger partial charge in [-0.25, -0.2) is 9.59 Å². The maximum atomic E-state index is 13.4. The van der Waals surface area contributed by atoms with Crippen molar-refractivity contribution < 1.29 is 23.9 Å². The number of para-hydroxylation sites is 2. The minimum absolute atomic E-state index is 0.100. The van der Waals surface area contributed by atoms with Crippen LogP contribution in [-0.2, 0) is 14.3 Å². The van der Waals surface area contributed by atoms with Crippen molar-refractivity contribution in [3.8, 4) is 0 Å². The number of hydrogen-bond donors (Lipinski definition) is 0. The Kier molecular flexibility index (Phi) is 8.82. The Balaban J connectivity index is 1.47. The first-order valence-electron chi connectivity index (χ1n) is 14.0. The second kappa shape index (κ2) is 13.0. The lowest BCUT2D eigenvalue weighted by Crippen LogP contribution is -2.23. The molecule has 0 bridgehead atoms. The largest absolute Gasteiger partial charge is 0.465 e. The smallest absolute Gasteiger partial charge is 0.338 e. The number of benzene rings is 4. The zero-order chi connectivity index (χ0) is 30.3. The van der Waals surface area contributed by atoms with Crippen LogP contribution in [0.5, 0.6) is 0 Å². The zero-order valence-corrected chi connectivity index (χ0v) is 24.3. The van der Waals surface area contributed by atoms with Crippen LogP contribution in [0.2, 0.25) is 0 Å². The van der Waals surface area contributed by atoms with Crippen LogP contribution in [0.25, 0.3) is 12.2 Å². The minimum Gasteiger partial charge on any atom is -0.465 e. The van der Waals surface area contributed by atoms with Crippen LogP contribution in [0.15, 0.2) is 114 Å². The van der Waals surface area contributed by atoms with Gasteiger partial charge in [0.2, 0.25) is 0 Å². The van der Waals surface area contributed by atoms with Gasteiger partial charge in [0.15, 0.2) is 0 Å². The van der Waals surface area contributed by atoms with Gasteiger partial charge < -0.3 is 19.3 Å². The van der Waals surface area contributed by atoms with Gasteiger partial charge in [0, 0.05) is 41.3 Å². The molecule has 1 fully saturated rings. The number of allylic oxidation sites excluding steroid dienone is 1. The lowest BCUT2D eigenvalue weighted by atomic mass is 10.0. The number of rotatable bonds is 8. The fourth-order valence-electron chi connectivity index (χ4n) is 5.18. The predicted octanol–water partition coefficient (Wildman–Crippen LogP) is 7.41. The number of ether oxygens (including phenoxy) is 2. The molecule has 1 aliphatic rings.